The van der Waals surface area contributed by atoms with Crippen LogP contribution in [0.4, 0.5) is 0 Å². The molecule has 2 N–H and O–H groups in total. The monoisotopic (exact) mass is 276 g/mol. The second-order valence-electron chi connectivity index (χ2n) is 4.61. The Hall–Kier alpha value is -1.39. The fraction of sp³-hybridized carbons (Fsp3) is 0.400. The minimum Gasteiger partial charge on any atom is -0.488 e. The number of ether oxygens (including phenoxy) is 1. The zero-order chi connectivity index (χ0) is 13.7. The van der Waals surface area contributed by atoms with Crippen LogP contribution in [-0.2, 0) is 13.0 Å². The van der Waals surface area contributed by atoms with E-state index in [4.69, 9.17) is 10.5 Å². The van der Waals surface area contributed by atoms with E-state index in [0.717, 1.165) is 28.5 Å². The van der Waals surface area contributed by atoms with Gasteiger partial charge in [-0.3, -0.25) is 0 Å². The van der Waals surface area contributed by atoms with E-state index in [1.807, 2.05) is 31.3 Å². The number of aryl methyl sites for hydroxylation is 1. The van der Waals surface area contributed by atoms with Gasteiger partial charge in [0.05, 0.1) is 9.88 Å². The molecule has 1 heterocycles. The van der Waals surface area contributed by atoms with Gasteiger partial charge in [-0.05, 0) is 31.4 Å². The smallest absolute Gasteiger partial charge is 0.124 e. The lowest BCUT2D eigenvalue weighted by molar-refractivity contribution is 0.305. The average Bonchev–Trinajstić information content (AvgIpc) is 2.83. The summed E-state index contributed by atoms with van der Waals surface area (Å²) in [5, 5.41) is 1.07. The highest BCUT2D eigenvalue weighted by molar-refractivity contribution is 7.11. The van der Waals surface area contributed by atoms with Crippen LogP contribution in [0.1, 0.15) is 28.8 Å². The molecule has 0 amide bonds. The Balaban J connectivity index is 2.03. The van der Waals surface area contributed by atoms with E-state index >= 15 is 0 Å². The second kappa shape index (κ2) is 6.68. The van der Waals surface area contributed by atoms with E-state index in [9.17, 15) is 0 Å². The van der Waals surface area contributed by atoms with Crippen LogP contribution >= 0.6 is 11.3 Å². The third-order valence-electron chi connectivity index (χ3n) is 3.02. The minimum atomic E-state index is 0.190. The first kappa shape index (κ1) is 14.0. The first-order valence-corrected chi connectivity index (χ1v) is 7.38. The molecule has 2 rings (SSSR count). The summed E-state index contributed by atoms with van der Waals surface area (Å²) in [6.07, 6.45) is 3.71. The van der Waals surface area contributed by atoms with Crippen molar-refractivity contribution in [1.29, 1.82) is 0 Å². The maximum Gasteiger partial charge on any atom is 0.124 e. The number of benzene rings is 1. The number of hydrogen-bond donors (Lipinski definition) is 1. The molecule has 102 valence electrons. The summed E-state index contributed by atoms with van der Waals surface area (Å²) in [4.78, 5) is 5.38. The Bertz CT molecular complexity index is 524. The SMILES string of the molecule is CCC(N)Cc1ccccc1OCc1cnc(C)s1. The highest BCUT2D eigenvalue weighted by Gasteiger charge is 2.08. The molecule has 0 spiro atoms. The fourth-order valence-corrected chi connectivity index (χ4v) is 2.57. The van der Waals surface area contributed by atoms with Crippen LogP contribution in [-0.4, -0.2) is 11.0 Å². The van der Waals surface area contributed by atoms with Crippen LogP contribution in [0, 0.1) is 6.92 Å². The van der Waals surface area contributed by atoms with E-state index in [-0.39, 0.29) is 6.04 Å². The molecule has 4 heteroatoms. The van der Waals surface area contributed by atoms with E-state index in [1.165, 1.54) is 5.56 Å². The molecule has 3 nitrogen and oxygen atoms in total. The number of hydrogen-bond acceptors (Lipinski definition) is 4. The second-order valence-corrected chi connectivity index (χ2v) is 5.93. The maximum atomic E-state index is 6.02. The van der Waals surface area contributed by atoms with Crippen molar-refractivity contribution < 1.29 is 4.74 Å². The van der Waals surface area contributed by atoms with Crippen molar-refractivity contribution >= 4 is 11.3 Å². The van der Waals surface area contributed by atoms with Gasteiger partial charge in [0.2, 0.25) is 0 Å². The van der Waals surface area contributed by atoms with Gasteiger partial charge >= 0.3 is 0 Å². The number of thiazole rings is 1. The molecule has 2 aromatic rings. The van der Waals surface area contributed by atoms with Gasteiger partial charge < -0.3 is 10.5 Å². The quantitative estimate of drug-likeness (QED) is 0.880. The van der Waals surface area contributed by atoms with Gasteiger partial charge in [-0.2, -0.15) is 0 Å². The van der Waals surface area contributed by atoms with Crippen molar-refractivity contribution in [2.45, 2.75) is 39.3 Å². The normalized spacial score (nSPS) is 12.4. The molecular formula is C15H20N2OS. The lowest BCUT2D eigenvalue weighted by atomic mass is 10.0. The summed E-state index contributed by atoms with van der Waals surface area (Å²) in [6.45, 7) is 4.68. The fourth-order valence-electron chi connectivity index (χ4n) is 1.86. The van der Waals surface area contributed by atoms with Gasteiger partial charge in [0.25, 0.3) is 0 Å². The van der Waals surface area contributed by atoms with Crippen molar-refractivity contribution in [2.24, 2.45) is 5.73 Å². The van der Waals surface area contributed by atoms with Gasteiger partial charge in [-0.25, -0.2) is 4.98 Å². The third-order valence-corrected chi connectivity index (χ3v) is 3.90. The van der Waals surface area contributed by atoms with Crippen molar-refractivity contribution in [1.82, 2.24) is 4.98 Å². The van der Waals surface area contributed by atoms with E-state index in [2.05, 4.69) is 18.0 Å². The number of nitrogens with zero attached hydrogens (tertiary/aromatic N) is 1. The van der Waals surface area contributed by atoms with Crippen LogP contribution < -0.4 is 10.5 Å². The topological polar surface area (TPSA) is 48.1 Å². The molecule has 1 unspecified atom stereocenters. The summed E-state index contributed by atoms with van der Waals surface area (Å²) >= 11 is 1.67. The molecule has 19 heavy (non-hydrogen) atoms. The van der Waals surface area contributed by atoms with Gasteiger partial charge in [0.15, 0.2) is 0 Å². The molecule has 0 aliphatic heterocycles. The van der Waals surface area contributed by atoms with Gasteiger partial charge in [-0.15, -0.1) is 11.3 Å². The molecule has 0 radical (unpaired) electrons. The van der Waals surface area contributed by atoms with Gasteiger partial charge in [0.1, 0.15) is 12.4 Å². The zero-order valence-corrected chi connectivity index (χ0v) is 12.2. The highest BCUT2D eigenvalue weighted by atomic mass is 32.1. The summed E-state index contributed by atoms with van der Waals surface area (Å²) < 4.78 is 5.90. The zero-order valence-electron chi connectivity index (χ0n) is 11.4. The summed E-state index contributed by atoms with van der Waals surface area (Å²) in [5.74, 6) is 0.928. The molecular weight excluding hydrogens is 256 g/mol. The predicted octanol–water partition coefficient (Wildman–Crippen LogP) is 3.31. The Morgan fingerprint density at radius 3 is 2.84 bits per heavy atom. The molecule has 0 aliphatic carbocycles. The highest BCUT2D eigenvalue weighted by Crippen LogP contribution is 2.22. The molecule has 0 bridgehead atoms. The largest absolute Gasteiger partial charge is 0.488 e. The average molecular weight is 276 g/mol. The molecule has 1 aromatic carbocycles. The number of para-hydroxylation sites is 1. The summed E-state index contributed by atoms with van der Waals surface area (Å²) in [7, 11) is 0. The molecule has 0 saturated heterocycles. The van der Waals surface area contributed by atoms with Gasteiger partial charge in [0, 0.05) is 12.2 Å². The van der Waals surface area contributed by atoms with Crippen molar-refractivity contribution in [3.05, 3.63) is 45.9 Å². The van der Waals surface area contributed by atoms with E-state index in [0.29, 0.717) is 6.61 Å². The van der Waals surface area contributed by atoms with Crippen molar-refractivity contribution in [3.8, 4) is 5.75 Å². The van der Waals surface area contributed by atoms with Crippen LogP contribution in [0.5, 0.6) is 5.75 Å². The Kier molecular flexibility index (Phi) is 4.93. The minimum absolute atomic E-state index is 0.190. The van der Waals surface area contributed by atoms with Gasteiger partial charge in [-0.1, -0.05) is 25.1 Å². The Labute approximate surface area is 118 Å². The van der Waals surface area contributed by atoms with Crippen molar-refractivity contribution in [2.75, 3.05) is 0 Å². The van der Waals surface area contributed by atoms with E-state index in [1.54, 1.807) is 11.3 Å². The Morgan fingerprint density at radius 2 is 2.16 bits per heavy atom. The van der Waals surface area contributed by atoms with Crippen molar-refractivity contribution in [3.63, 3.8) is 0 Å². The van der Waals surface area contributed by atoms with Crippen LogP contribution in [0.3, 0.4) is 0 Å². The van der Waals surface area contributed by atoms with Crippen LogP contribution in [0.25, 0.3) is 0 Å². The number of rotatable bonds is 6. The third kappa shape index (κ3) is 4.04. The molecule has 1 atom stereocenters. The predicted molar refractivity (Wildman–Crippen MR) is 79.6 cm³/mol. The van der Waals surface area contributed by atoms with Crippen LogP contribution in [0.15, 0.2) is 30.5 Å². The summed E-state index contributed by atoms with van der Waals surface area (Å²) in [6, 6.07) is 8.31. The first-order valence-electron chi connectivity index (χ1n) is 6.56. The maximum absolute atomic E-state index is 6.02. The lowest BCUT2D eigenvalue weighted by Crippen LogP contribution is -2.21. The summed E-state index contributed by atoms with van der Waals surface area (Å²) in [5.41, 5.74) is 7.20. The number of nitrogens with two attached hydrogens (primary N) is 1. The standard InChI is InChI=1S/C15H20N2OS/c1-3-13(16)8-12-6-4-5-7-15(12)18-10-14-9-17-11(2)19-14/h4-7,9,13H,3,8,10,16H2,1-2H3. The lowest BCUT2D eigenvalue weighted by Gasteiger charge is -2.13. The van der Waals surface area contributed by atoms with Crippen LogP contribution in [0.2, 0.25) is 0 Å². The Morgan fingerprint density at radius 1 is 1.37 bits per heavy atom. The first-order chi connectivity index (χ1) is 9.19. The molecule has 0 fully saturated rings. The number of aromatic nitrogens is 1. The molecule has 1 aromatic heterocycles. The van der Waals surface area contributed by atoms with E-state index < -0.39 is 0 Å². The molecule has 0 saturated carbocycles. The molecule has 0 aliphatic rings.